The van der Waals surface area contributed by atoms with Crippen LogP contribution in [0.1, 0.15) is 12.6 Å². The molecule has 3 rings (SSSR count). The van der Waals surface area contributed by atoms with Crippen LogP contribution in [-0.2, 0) is 4.79 Å². The topological polar surface area (TPSA) is 80.9 Å². The lowest BCUT2D eigenvalue weighted by Gasteiger charge is -2.11. The van der Waals surface area contributed by atoms with E-state index in [1.165, 1.54) is 11.8 Å². The van der Waals surface area contributed by atoms with Crippen molar-refractivity contribution in [1.29, 1.82) is 0 Å². The van der Waals surface area contributed by atoms with Crippen LogP contribution in [0, 0.1) is 6.92 Å². The minimum Gasteiger partial charge on any atom is -0.336 e. The van der Waals surface area contributed by atoms with Crippen molar-refractivity contribution in [3.05, 3.63) is 42.4 Å². The Balaban J connectivity index is 1.70. The van der Waals surface area contributed by atoms with Gasteiger partial charge in [0.2, 0.25) is 5.91 Å². The van der Waals surface area contributed by atoms with Crippen molar-refractivity contribution in [2.75, 3.05) is 5.32 Å². The molecule has 3 aromatic heterocycles. The molecule has 6 nitrogen and oxygen atoms in total. The zero-order valence-corrected chi connectivity index (χ0v) is 12.9. The summed E-state index contributed by atoms with van der Waals surface area (Å²) in [7, 11) is 0. The maximum atomic E-state index is 12.2. The molecule has 0 bridgehead atoms. The van der Waals surface area contributed by atoms with E-state index in [0.29, 0.717) is 11.4 Å². The largest absolute Gasteiger partial charge is 0.336 e. The summed E-state index contributed by atoms with van der Waals surface area (Å²) in [5, 5.41) is 8.03. The highest BCUT2D eigenvalue weighted by atomic mass is 32.2. The van der Waals surface area contributed by atoms with E-state index in [4.69, 9.17) is 4.52 Å². The number of anilines is 1. The zero-order chi connectivity index (χ0) is 15.5. The second-order valence-corrected chi connectivity index (χ2v) is 6.12. The number of fused-ring (bicyclic) bond motifs is 1. The molecule has 0 aromatic carbocycles. The number of amides is 1. The number of hydrogen-bond donors (Lipinski definition) is 1. The SMILES string of the molecule is Cc1noc2ncc(NC(=O)[C@H](C)Sc3ccccn3)cc12. The quantitative estimate of drug-likeness (QED) is 0.745. The van der Waals surface area contributed by atoms with Crippen LogP contribution in [0.15, 0.2) is 46.2 Å². The molecule has 0 unspecified atom stereocenters. The van der Waals surface area contributed by atoms with E-state index in [1.54, 1.807) is 12.4 Å². The van der Waals surface area contributed by atoms with E-state index in [-0.39, 0.29) is 11.2 Å². The summed E-state index contributed by atoms with van der Waals surface area (Å²) in [6.07, 6.45) is 3.27. The smallest absolute Gasteiger partial charge is 0.258 e. The Morgan fingerprint density at radius 1 is 1.36 bits per heavy atom. The van der Waals surface area contributed by atoms with Crippen molar-refractivity contribution >= 4 is 34.5 Å². The summed E-state index contributed by atoms with van der Waals surface area (Å²) in [4.78, 5) is 20.6. The molecule has 1 N–H and O–H groups in total. The van der Waals surface area contributed by atoms with E-state index < -0.39 is 0 Å². The van der Waals surface area contributed by atoms with Crippen molar-refractivity contribution in [3.63, 3.8) is 0 Å². The monoisotopic (exact) mass is 314 g/mol. The average molecular weight is 314 g/mol. The summed E-state index contributed by atoms with van der Waals surface area (Å²) in [5.74, 6) is -0.106. The standard InChI is InChI=1S/C15H14N4O2S/c1-9-12-7-11(8-17-15(12)21-19-9)18-14(20)10(2)22-13-5-3-4-6-16-13/h3-8,10H,1-2H3,(H,18,20)/t10-/m0/s1. The van der Waals surface area contributed by atoms with Gasteiger partial charge in [-0.1, -0.05) is 23.0 Å². The first-order valence-electron chi connectivity index (χ1n) is 6.74. The second kappa shape index (κ2) is 6.15. The van der Waals surface area contributed by atoms with Gasteiger partial charge >= 0.3 is 0 Å². The molecule has 0 aliphatic carbocycles. The van der Waals surface area contributed by atoms with E-state index in [9.17, 15) is 4.79 Å². The normalized spacial score (nSPS) is 12.3. The minimum atomic E-state index is -0.269. The molecule has 1 atom stereocenters. The van der Waals surface area contributed by atoms with Crippen LogP contribution in [0.4, 0.5) is 5.69 Å². The number of nitrogens with one attached hydrogen (secondary N) is 1. The molecule has 112 valence electrons. The van der Waals surface area contributed by atoms with Crippen molar-refractivity contribution in [2.24, 2.45) is 0 Å². The lowest BCUT2D eigenvalue weighted by molar-refractivity contribution is -0.115. The minimum absolute atomic E-state index is 0.106. The van der Waals surface area contributed by atoms with Crippen LogP contribution in [0.25, 0.3) is 11.1 Å². The highest BCUT2D eigenvalue weighted by molar-refractivity contribution is 8.00. The number of carbonyl (C=O) groups excluding carboxylic acids is 1. The predicted octanol–water partition coefficient (Wildman–Crippen LogP) is 3.05. The van der Waals surface area contributed by atoms with Crippen LogP contribution < -0.4 is 5.32 Å². The molecule has 0 saturated carbocycles. The average Bonchev–Trinajstić information content (AvgIpc) is 2.89. The van der Waals surface area contributed by atoms with Crippen LogP contribution in [0.2, 0.25) is 0 Å². The summed E-state index contributed by atoms with van der Waals surface area (Å²) in [6.45, 7) is 3.67. The molecule has 0 fully saturated rings. The number of aromatic nitrogens is 3. The highest BCUT2D eigenvalue weighted by Crippen LogP contribution is 2.23. The summed E-state index contributed by atoms with van der Waals surface area (Å²) < 4.78 is 5.05. The van der Waals surface area contributed by atoms with E-state index in [2.05, 4.69) is 20.4 Å². The number of nitrogens with zero attached hydrogens (tertiary/aromatic N) is 3. The molecule has 3 aromatic rings. The third-order valence-electron chi connectivity index (χ3n) is 3.08. The molecule has 3 heterocycles. The first-order valence-corrected chi connectivity index (χ1v) is 7.62. The van der Waals surface area contributed by atoms with Gasteiger partial charge in [-0.05, 0) is 32.0 Å². The molecule has 22 heavy (non-hydrogen) atoms. The van der Waals surface area contributed by atoms with Crippen LogP contribution in [0.5, 0.6) is 0 Å². The van der Waals surface area contributed by atoms with Gasteiger partial charge in [0.15, 0.2) is 0 Å². The zero-order valence-electron chi connectivity index (χ0n) is 12.1. The van der Waals surface area contributed by atoms with Gasteiger partial charge in [0.25, 0.3) is 5.71 Å². The number of thioether (sulfide) groups is 1. The van der Waals surface area contributed by atoms with Crippen molar-refractivity contribution in [2.45, 2.75) is 24.1 Å². The first kappa shape index (κ1) is 14.5. The lowest BCUT2D eigenvalue weighted by Crippen LogP contribution is -2.22. The van der Waals surface area contributed by atoms with E-state index in [1.807, 2.05) is 38.1 Å². The van der Waals surface area contributed by atoms with Gasteiger partial charge in [-0.2, -0.15) is 0 Å². The van der Waals surface area contributed by atoms with Gasteiger partial charge in [-0.3, -0.25) is 4.79 Å². The number of rotatable bonds is 4. The van der Waals surface area contributed by atoms with Gasteiger partial charge in [0.1, 0.15) is 0 Å². The Morgan fingerprint density at radius 2 is 2.23 bits per heavy atom. The van der Waals surface area contributed by atoms with Gasteiger partial charge < -0.3 is 9.84 Å². The van der Waals surface area contributed by atoms with Crippen LogP contribution in [-0.4, -0.2) is 26.3 Å². The third kappa shape index (κ3) is 3.09. The Labute approximate surface area is 131 Å². The molecular weight excluding hydrogens is 300 g/mol. The molecule has 0 saturated heterocycles. The van der Waals surface area contributed by atoms with Crippen molar-refractivity contribution < 1.29 is 9.32 Å². The molecule has 0 radical (unpaired) electrons. The maximum Gasteiger partial charge on any atom is 0.258 e. The lowest BCUT2D eigenvalue weighted by atomic mass is 10.2. The van der Waals surface area contributed by atoms with E-state index >= 15 is 0 Å². The van der Waals surface area contributed by atoms with E-state index in [0.717, 1.165) is 16.1 Å². The Morgan fingerprint density at radius 3 is 3.00 bits per heavy atom. The number of hydrogen-bond acceptors (Lipinski definition) is 6. The first-order chi connectivity index (χ1) is 10.6. The number of pyridine rings is 2. The molecule has 7 heteroatoms. The summed E-state index contributed by atoms with van der Waals surface area (Å²) in [6, 6.07) is 7.43. The Hall–Kier alpha value is -2.41. The fourth-order valence-electron chi connectivity index (χ4n) is 1.91. The maximum absolute atomic E-state index is 12.2. The summed E-state index contributed by atoms with van der Waals surface area (Å²) in [5.41, 5.74) is 1.83. The molecule has 0 spiro atoms. The third-order valence-corrected chi connectivity index (χ3v) is 4.13. The molecule has 0 aliphatic rings. The van der Waals surface area contributed by atoms with Crippen LogP contribution in [0.3, 0.4) is 0 Å². The Bertz CT molecular complexity index is 804. The number of aryl methyl sites for hydroxylation is 1. The molecular formula is C15H14N4O2S. The van der Waals surface area contributed by atoms with Crippen molar-refractivity contribution in [1.82, 2.24) is 15.1 Å². The molecule has 0 aliphatic heterocycles. The fraction of sp³-hybridized carbons (Fsp3) is 0.200. The van der Waals surface area contributed by atoms with Crippen molar-refractivity contribution in [3.8, 4) is 0 Å². The van der Waals surface area contributed by atoms with Gasteiger partial charge in [0.05, 0.1) is 33.2 Å². The van der Waals surface area contributed by atoms with Gasteiger partial charge in [-0.15, -0.1) is 0 Å². The highest BCUT2D eigenvalue weighted by Gasteiger charge is 2.16. The molecule has 1 amide bonds. The fourth-order valence-corrected chi connectivity index (χ4v) is 2.72. The van der Waals surface area contributed by atoms with Gasteiger partial charge in [0, 0.05) is 6.20 Å². The predicted molar refractivity (Wildman–Crippen MR) is 84.7 cm³/mol. The van der Waals surface area contributed by atoms with Crippen LogP contribution >= 0.6 is 11.8 Å². The summed E-state index contributed by atoms with van der Waals surface area (Å²) >= 11 is 1.40. The number of carbonyl (C=O) groups is 1. The van der Waals surface area contributed by atoms with Gasteiger partial charge in [-0.25, -0.2) is 9.97 Å². The second-order valence-electron chi connectivity index (χ2n) is 4.76. The Kier molecular flexibility index (Phi) is 4.06.